The highest BCUT2D eigenvalue weighted by Crippen LogP contribution is 2.32. The molecule has 2 aliphatic heterocycles. The first-order valence-electron chi connectivity index (χ1n) is 9.26. The van der Waals surface area contributed by atoms with E-state index in [1.165, 1.54) is 38.8 Å². The van der Waals surface area contributed by atoms with Crippen LogP contribution in [0.25, 0.3) is 0 Å². The molecule has 5 heteroatoms. The van der Waals surface area contributed by atoms with Crippen molar-refractivity contribution in [1.82, 2.24) is 14.7 Å². The Kier molecular flexibility index (Phi) is 7.80. The monoisotopic (exact) mass is 325 g/mol. The summed E-state index contributed by atoms with van der Waals surface area (Å²) in [5.41, 5.74) is 0. The van der Waals surface area contributed by atoms with Crippen molar-refractivity contribution in [3.05, 3.63) is 0 Å². The van der Waals surface area contributed by atoms with Gasteiger partial charge < -0.3 is 19.4 Å². The van der Waals surface area contributed by atoms with E-state index in [0.29, 0.717) is 13.0 Å². The van der Waals surface area contributed by atoms with Gasteiger partial charge in [0.15, 0.2) is 0 Å². The molecule has 0 aromatic carbocycles. The van der Waals surface area contributed by atoms with Gasteiger partial charge in [0.1, 0.15) is 6.61 Å². The molecule has 0 N–H and O–H groups in total. The van der Waals surface area contributed by atoms with Crippen LogP contribution in [-0.2, 0) is 9.53 Å². The van der Waals surface area contributed by atoms with E-state index in [1.807, 2.05) is 19.0 Å². The van der Waals surface area contributed by atoms with Crippen molar-refractivity contribution in [3.8, 4) is 0 Å². The van der Waals surface area contributed by atoms with Gasteiger partial charge in [0, 0.05) is 13.1 Å². The fraction of sp³-hybridized carbons (Fsp3) is 0.944. The van der Waals surface area contributed by atoms with Gasteiger partial charge in [-0.3, -0.25) is 4.79 Å². The van der Waals surface area contributed by atoms with Crippen LogP contribution in [-0.4, -0.2) is 87.7 Å². The Hall–Kier alpha value is -0.650. The van der Waals surface area contributed by atoms with E-state index in [2.05, 4.69) is 16.8 Å². The first-order chi connectivity index (χ1) is 11.0. The van der Waals surface area contributed by atoms with Gasteiger partial charge in [0.25, 0.3) is 0 Å². The van der Waals surface area contributed by atoms with E-state index in [0.717, 1.165) is 38.0 Å². The molecule has 0 bridgehead atoms. The molecule has 2 aliphatic rings. The summed E-state index contributed by atoms with van der Waals surface area (Å²) < 4.78 is 5.26. The largest absolute Gasteiger partial charge is 0.464 e. The van der Waals surface area contributed by atoms with Crippen LogP contribution >= 0.6 is 0 Å². The van der Waals surface area contributed by atoms with Crippen LogP contribution in [0.15, 0.2) is 0 Å². The molecule has 2 fully saturated rings. The third-order valence-corrected chi connectivity index (χ3v) is 5.50. The molecular weight excluding hydrogens is 290 g/mol. The zero-order valence-electron chi connectivity index (χ0n) is 15.3. The SMILES string of the molecule is CN(C)CCOC(=O)CCN1CCC(C2CCN(C)CC2)CC1. The van der Waals surface area contributed by atoms with Crippen LogP contribution in [0.5, 0.6) is 0 Å². The Balaban J connectivity index is 1.57. The zero-order valence-corrected chi connectivity index (χ0v) is 15.3. The maximum atomic E-state index is 11.7. The molecule has 0 spiro atoms. The second-order valence-electron chi connectivity index (χ2n) is 7.59. The number of likely N-dealkylation sites (tertiary alicyclic amines) is 2. The van der Waals surface area contributed by atoms with Crippen molar-refractivity contribution >= 4 is 5.97 Å². The molecule has 2 rings (SSSR count). The summed E-state index contributed by atoms with van der Waals surface area (Å²) in [7, 11) is 6.21. The first-order valence-corrected chi connectivity index (χ1v) is 9.26. The van der Waals surface area contributed by atoms with Crippen LogP contribution in [0.2, 0.25) is 0 Å². The Morgan fingerprint density at radius 2 is 1.61 bits per heavy atom. The third kappa shape index (κ3) is 6.77. The maximum absolute atomic E-state index is 11.7. The number of carbonyl (C=O) groups excluding carboxylic acids is 1. The number of piperidine rings is 2. The number of carbonyl (C=O) groups is 1. The molecule has 2 heterocycles. The Labute approximate surface area is 141 Å². The van der Waals surface area contributed by atoms with Gasteiger partial charge in [0.2, 0.25) is 0 Å². The molecule has 134 valence electrons. The van der Waals surface area contributed by atoms with Gasteiger partial charge in [-0.25, -0.2) is 0 Å². The minimum atomic E-state index is -0.0516. The van der Waals surface area contributed by atoms with Crippen LogP contribution < -0.4 is 0 Å². The smallest absolute Gasteiger partial charge is 0.307 e. The lowest BCUT2D eigenvalue weighted by molar-refractivity contribution is -0.144. The average Bonchev–Trinajstić information content (AvgIpc) is 2.54. The average molecular weight is 325 g/mol. The van der Waals surface area contributed by atoms with Crippen molar-refractivity contribution in [1.29, 1.82) is 0 Å². The second kappa shape index (κ2) is 9.60. The van der Waals surface area contributed by atoms with Crippen molar-refractivity contribution < 1.29 is 9.53 Å². The van der Waals surface area contributed by atoms with Crippen molar-refractivity contribution in [2.24, 2.45) is 11.8 Å². The molecule has 0 aliphatic carbocycles. The Morgan fingerprint density at radius 3 is 2.17 bits per heavy atom. The highest BCUT2D eigenvalue weighted by molar-refractivity contribution is 5.69. The van der Waals surface area contributed by atoms with E-state index in [4.69, 9.17) is 4.74 Å². The van der Waals surface area contributed by atoms with E-state index >= 15 is 0 Å². The van der Waals surface area contributed by atoms with Gasteiger partial charge in [-0.2, -0.15) is 0 Å². The number of ether oxygens (including phenoxy) is 1. The summed E-state index contributed by atoms with van der Waals surface area (Å²) in [4.78, 5) is 18.7. The zero-order chi connectivity index (χ0) is 16.7. The highest BCUT2D eigenvalue weighted by Gasteiger charge is 2.28. The first kappa shape index (κ1) is 18.7. The minimum Gasteiger partial charge on any atom is -0.464 e. The standard InChI is InChI=1S/C18H35N3O2/c1-19(2)14-15-23-18(22)8-13-21-11-6-17(7-12-21)16-4-9-20(3)10-5-16/h16-17H,4-15H2,1-3H3. The second-order valence-corrected chi connectivity index (χ2v) is 7.59. The molecule has 0 aromatic rings. The van der Waals surface area contributed by atoms with Crippen molar-refractivity contribution in [2.75, 3.05) is 67.0 Å². The normalized spacial score (nSPS) is 22.6. The van der Waals surface area contributed by atoms with Crippen LogP contribution in [0, 0.1) is 11.8 Å². The fourth-order valence-electron chi connectivity index (χ4n) is 3.81. The topological polar surface area (TPSA) is 36.0 Å². The molecule has 0 amide bonds. The van der Waals surface area contributed by atoms with E-state index < -0.39 is 0 Å². The quantitative estimate of drug-likeness (QED) is 0.664. The molecule has 0 unspecified atom stereocenters. The van der Waals surface area contributed by atoms with Gasteiger partial charge in [-0.1, -0.05) is 0 Å². The number of hydrogen-bond donors (Lipinski definition) is 0. The molecule has 0 atom stereocenters. The molecule has 0 saturated carbocycles. The lowest BCUT2D eigenvalue weighted by Crippen LogP contribution is -2.40. The summed E-state index contributed by atoms with van der Waals surface area (Å²) in [6.07, 6.45) is 5.90. The summed E-state index contributed by atoms with van der Waals surface area (Å²) in [5.74, 6) is 1.79. The third-order valence-electron chi connectivity index (χ3n) is 5.50. The Bertz CT molecular complexity index is 346. The number of hydrogen-bond acceptors (Lipinski definition) is 5. The van der Waals surface area contributed by atoms with E-state index in [9.17, 15) is 4.79 Å². The predicted molar refractivity (Wildman–Crippen MR) is 93.5 cm³/mol. The number of nitrogens with zero attached hydrogens (tertiary/aromatic N) is 3. The number of rotatable bonds is 7. The fourth-order valence-corrected chi connectivity index (χ4v) is 3.81. The Morgan fingerprint density at radius 1 is 1.04 bits per heavy atom. The van der Waals surface area contributed by atoms with Crippen LogP contribution in [0.4, 0.5) is 0 Å². The summed E-state index contributed by atoms with van der Waals surface area (Å²) in [6.45, 7) is 7.01. The lowest BCUT2D eigenvalue weighted by atomic mass is 9.79. The van der Waals surface area contributed by atoms with Crippen molar-refractivity contribution in [2.45, 2.75) is 32.1 Å². The lowest BCUT2D eigenvalue weighted by Gasteiger charge is -2.39. The van der Waals surface area contributed by atoms with Crippen LogP contribution in [0.1, 0.15) is 32.1 Å². The van der Waals surface area contributed by atoms with Crippen LogP contribution in [0.3, 0.4) is 0 Å². The highest BCUT2D eigenvalue weighted by atomic mass is 16.5. The molecule has 5 nitrogen and oxygen atoms in total. The number of esters is 1. The maximum Gasteiger partial charge on any atom is 0.307 e. The van der Waals surface area contributed by atoms with Gasteiger partial charge >= 0.3 is 5.97 Å². The van der Waals surface area contributed by atoms with E-state index in [-0.39, 0.29) is 5.97 Å². The molecular formula is C18H35N3O2. The van der Waals surface area contributed by atoms with Gasteiger partial charge in [-0.15, -0.1) is 0 Å². The van der Waals surface area contributed by atoms with Crippen molar-refractivity contribution in [3.63, 3.8) is 0 Å². The number of likely N-dealkylation sites (N-methyl/N-ethyl adjacent to an activating group) is 1. The van der Waals surface area contributed by atoms with Gasteiger partial charge in [0.05, 0.1) is 6.42 Å². The summed E-state index contributed by atoms with van der Waals surface area (Å²) in [6, 6.07) is 0. The summed E-state index contributed by atoms with van der Waals surface area (Å²) >= 11 is 0. The van der Waals surface area contributed by atoms with E-state index in [1.54, 1.807) is 0 Å². The molecule has 2 saturated heterocycles. The molecule has 0 aromatic heterocycles. The molecule has 0 radical (unpaired) electrons. The van der Waals surface area contributed by atoms with Gasteiger partial charge in [-0.05, 0) is 84.8 Å². The summed E-state index contributed by atoms with van der Waals surface area (Å²) in [5, 5.41) is 0. The molecule has 23 heavy (non-hydrogen) atoms. The predicted octanol–water partition coefficient (Wildman–Crippen LogP) is 1.54. The minimum absolute atomic E-state index is 0.0516.